The van der Waals surface area contributed by atoms with Gasteiger partial charge in [-0.05, 0) is 58.6 Å². The first-order chi connectivity index (χ1) is 18.5. The van der Waals surface area contributed by atoms with E-state index in [1.165, 1.54) is 11.3 Å². The van der Waals surface area contributed by atoms with E-state index in [0.717, 1.165) is 35.6 Å². The first kappa shape index (κ1) is 27.1. The van der Waals surface area contributed by atoms with Crippen LogP contribution in [0, 0.1) is 6.92 Å². The van der Waals surface area contributed by atoms with Gasteiger partial charge in [-0.2, -0.15) is 0 Å². The van der Waals surface area contributed by atoms with Crippen LogP contribution >= 0.6 is 11.3 Å². The highest BCUT2D eigenvalue weighted by molar-refractivity contribution is 7.21. The van der Waals surface area contributed by atoms with E-state index in [-0.39, 0.29) is 24.1 Å². The summed E-state index contributed by atoms with van der Waals surface area (Å²) >= 11 is 1.27. The predicted molar refractivity (Wildman–Crippen MR) is 150 cm³/mol. The normalized spacial score (nSPS) is 21.1. The van der Waals surface area contributed by atoms with Crippen LogP contribution < -0.4 is 21.3 Å². The largest absolute Gasteiger partial charge is 0.444 e. The van der Waals surface area contributed by atoms with E-state index in [2.05, 4.69) is 31.6 Å². The van der Waals surface area contributed by atoms with E-state index in [9.17, 15) is 9.59 Å². The summed E-state index contributed by atoms with van der Waals surface area (Å²) in [6.45, 7) is 8.56. The number of carbonyl (C=O) groups excluding carboxylic acids is 2. The highest BCUT2D eigenvalue weighted by Crippen LogP contribution is 2.32. The minimum atomic E-state index is -0.569. The van der Waals surface area contributed by atoms with Crippen molar-refractivity contribution in [3.05, 3.63) is 40.2 Å². The van der Waals surface area contributed by atoms with Crippen LogP contribution in [0.1, 0.15) is 53.8 Å². The standard InChI is InChI=1S/C27H35N7O4S/c1-14-11-29-22-21(28)23(39-25(22)30-14)24(35)31-16-7-8-17-15(10-16)6-9-20(32-17)34-12-18(19(13-34)37-5)33-26(36)38-27(2,3)4/h6,9,11,16,18-19H,7-8,10,12-13,28H2,1-5H3,(H,31,35)(H,33,36)/t16-,18-,19-/m0/s1. The van der Waals surface area contributed by atoms with Gasteiger partial charge in [-0.3, -0.25) is 4.79 Å². The van der Waals surface area contributed by atoms with E-state index in [1.807, 2.05) is 33.8 Å². The van der Waals surface area contributed by atoms with Gasteiger partial charge >= 0.3 is 6.09 Å². The van der Waals surface area contributed by atoms with Crippen molar-refractivity contribution in [2.24, 2.45) is 0 Å². The second-order valence-electron chi connectivity index (χ2n) is 11.1. The molecule has 5 rings (SSSR count). The molecule has 1 aliphatic heterocycles. The van der Waals surface area contributed by atoms with Crippen LogP contribution in [0.15, 0.2) is 18.3 Å². The highest BCUT2D eigenvalue weighted by Gasteiger charge is 2.36. The summed E-state index contributed by atoms with van der Waals surface area (Å²) in [4.78, 5) is 42.4. The molecular formula is C27H35N7O4S. The molecule has 0 saturated carbocycles. The summed E-state index contributed by atoms with van der Waals surface area (Å²) in [6.07, 6.45) is 3.24. The van der Waals surface area contributed by atoms with Gasteiger partial charge in [-0.15, -0.1) is 11.3 Å². The van der Waals surface area contributed by atoms with Crippen molar-refractivity contribution in [3.8, 4) is 0 Å². The maximum Gasteiger partial charge on any atom is 0.408 e. The van der Waals surface area contributed by atoms with Crippen molar-refractivity contribution in [1.82, 2.24) is 25.6 Å². The van der Waals surface area contributed by atoms with Gasteiger partial charge < -0.3 is 30.7 Å². The Kier molecular flexibility index (Phi) is 7.34. The van der Waals surface area contributed by atoms with E-state index in [0.29, 0.717) is 40.4 Å². The SMILES string of the molecule is CO[C@H]1CN(c2ccc3c(n2)CC[C@H](NC(=O)c2sc4nc(C)cnc4c2N)C3)C[C@@H]1NC(=O)OC(C)(C)C. The number of rotatable bonds is 5. The zero-order valence-electron chi connectivity index (χ0n) is 22.9. The average Bonchev–Trinajstić information content (AvgIpc) is 3.42. The Labute approximate surface area is 231 Å². The first-order valence-electron chi connectivity index (χ1n) is 13.1. The molecule has 3 aromatic heterocycles. The Morgan fingerprint density at radius 3 is 2.72 bits per heavy atom. The molecule has 0 unspecified atom stereocenters. The number of hydrogen-bond donors (Lipinski definition) is 3. The number of hydrogen-bond acceptors (Lipinski definition) is 10. The Morgan fingerprint density at radius 2 is 1.97 bits per heavy atom. The molecule has 1 aliphatic carbocycles. The van der Waals surface area contributed by atoms with Gasteiger partial charge in [0.2, 0.25) is 0 Å². The number of ether oxygens (including phenoxy) is 2. The average molecular weight is 554 g/mol. The van der Waals surface area contributed by atoms with Gasteiger partial charge in [-0.1, -0.05) is 6.07 Å². The van der Waals surface area contributed by atoms with Crippen molar-refractivity contribution < 1.29 is 19.1 Å². The molecule has 2 aliphatic rings. The number of nitrogens with two attached hydrogens (primary N) is 1. The molecule has 208 valence electrons. The quantitative estimate of drug-likeness (QED) is 0.434. The lowest BCUT2D eigenvalue weighted by Gasteiger charge is -2.26. The molecule has 2 amide bonds. The molecule has 39 heavy (non-hydrogen) atoms. The van der Waals surface area contributed by atoms with Crippen molar-refractivity contribution in [3.63, 3.8) is 0 Å². The first-order valence-corrected chi connectivity index (χ1v) is 13.9. The Morgan fingerprint density at radius 1 is 1.18 bits per heavy atom. The number of thiophene rings is 1. The summed E-state index contributed by atoms with van der Waals surface area (Å²) in [7, 11) is 1.65. The van der Waals surface area contributed by atoms with Crippen LogP contribution in [0.5, 0.6) is 0 Å². The zero-order valence-corrected chi connectivity index (χ0v) is 23.7. The number of methoxy groups -OCH3 is 1. The maximum atomic E-state index is 13.1. The number of amides is 2. The number of pyridine rings is 1. The number of aromatic nitrogens is 3. The number of nitrogens with zero attached hydrogens (tertiary/aromatic N) is 4. The monoisotopic (exact) mass is 553 g/mol. The molecule has 0 aromatic carbocycles. The van der Waals surface area contributed by atoms with Gasteiger partial charge in [0, 0.05) is 38.1 Å². The third kappa shape index (κ3) is 5.91. The number of alkyl carbamates (subject to hydrolysis) is 1. The predicted octanol–water partition coefficient (Wildman–Crippen LogP) is 2.99. The van der Waals surface area contributed by atoms with Gasteiger partial charge in [0.1, 0.15) is 26.6 Å². The molecule has 3 aromatic rings. The minimum Gasteiger partial charge on any atom is -0.444 e. The molecule has 1 fully saturated rings. The third-order valence-corrected chi connectivity index (χ3v) is 8.03. The van der Waals surface area contributed by atoms with Crippen molar-refractivity contribution >= 4 is 45.2 Å². The molecular weight excluding hydrogens is 518 g/mol. The van der Waals surface area contributed by atoms with Crippen molar-refractivity contribution in [2.75, 3.05) is 30.8 Å². The van der Waals surface area contributed by atoms with Gasteiger partial charge in [-0.25, -0.2) is 19.7 Å². The number of fused-ring (bicyclic) bond motifs is 2. The number of anilines is 2. The summed E-state index contributed by atoms with van der Waals surface area (Å²) < 4.78 is 11.1. The highest BCUT2D eigenvalue weighted by atomic mass is 32.1. The molecule has 0 bridgehead atoms. The minimum absolute atomic E-state index is 0.0167. The fourth-order valence-electron chi connectivity index (χ4n) is 5.09. The lowest BCUT2D eigenvalue weighted by Crippen LogP contribution is -2.45. The molecule has 12 heteroatoms. The molecule has 11 nitrogen and oxygen atoms in total. The van der Waals surface area contributed by atoms with Gasteiger partial charge in [0.25, 0.3) is 5.91 Å². The van der Waals surface area contributed by atoms with Crippen LogP contribution in [0.3, 0.4) is 0 Å². The number of aryl methyl sites for hydroxylation is 2. The van der Waals surface area contributed by atoms with E-state index < -0.39 is 11.7 Å². The zero-order chi connectivity index (χ0) is 27.9. The Hall–Kier alpha value is -3.51. The summed E-state index contributed by atoms with van der Waals surface area (Å²) in [5.41, 5.74) is 9.53. The lowest BCUT2D eigenvalue weighted by atomic mass is 9.91. The molecule has 0 radical (unpaired) electrons. The lowest BCUT2D eigenvalue weighted by molar-refractivity contribution is 0.0417. The summed E-state index contributed by atoms with van der Waals surface area (Å²) in [6, 6.07) is 3.85. The fourth-order valence-corrected chi connectivity index (χ4v) is 6.09. The van der Waals surface area contributed by atoms with Crippen LogP contribution in [0.25, 0.3) is 10.3 Å². The number of nitrogen functional groups attached to an aromatic ring is 1. The van der Waals surface area contributed by atoms with Gasteiger partial charge in [0.05, 0.1) is 23.5 Å². The third-order valence-electron chi connectivity index (χ3n) is 6.95. The number of carbonyl (C=O) groups is 2. The van der Waals surface area contributed by atoms with Crippen molar-refractivity contribution in [2.45, 2.75) is 70.7 Å². The molecule has 0 spiro atoms. The Bertz CT molecular complexity index is 1400. The summed E-state index contributed by atoms with van der Waals surface area (Å²) in [5, 5.41) is 6.08. The van der Waals surface area contributed by atoms with E-state index in [1.54, 1.807) is 13.3 Å². The Balaban J connectivity index is 1.22. The van der Waals surface area contributed by atoms with Crippen molar-refractivity contribution in [1.29, 1.82) is 0 Å². The van der Waals surface area contributed by atoms with E-state index in [4.69, 9.17) is 20.2 Å². The van der Waals surface area contributed by atoms with Crippen LogP contribution in [-0.4, -0.2) is 70.9 Å². The summed E-state index contributed by atoms with van der Waals surface area (Å²) in [5.74, 6) is 0.652. The van der Waals surface area contributed by atoms with Gasteiger partial charge in [0.15, 0.2) is 0 Å². The van der Waals surface area contributed by atoms with E-state index >= 15 is 0 Å². The van der Waals surface area contributed by atoms with Crippen LogP contribution in [0.4, 0.5) is 16.3 Å². The fraction of sp³-hybridized carbons (Fsp3) is 0.519. The number of nitrogens with one attached hydrogen (secondary N) is 2. The second-order valence-corrected chi connectivity index (χ2v) is 12.1. The van der Waals surface area contributed by atoms with Crippen LogP contribution in [0.2, 0.25) is 0 Å². The molecule has 1 saturated heterocycles. The molecule has 4 heterocycles. The smallest absolute Gasteiger partial charge is 0.408 e. The second kappa shape index (κ2) is 10.6. The molecule has 4 N–H and O–H groups in total. The maximum absolute atomic E-state index is 13.1. The van der Waals surface area contributed by atoms with Crippen LogP contribution in [-0.2, 0) is 22.3 Å². The molecule has 3 atom stereocenters. The topological polar surface area (TPSA) is 145 Å².